The lowest BCUT2D eigenvalue weighted by Crippen LogP contribution is -2.44. The summed E-state index contributed by atoms with van der Waals surface area (Å²) in [6.07, 6.45) is -0.547. The van der Waals surface area contributed by atoms with E-state index in [0.29, 0.717) is 19.8 Å². The van der Waals surface area contributed by atoms with E-state index in [4.69, 9.17) is 14.2 Å². The maximum absolute atomic E-state index is 12.2. The number of benzene rings is 2. The summed E-state index contributed by atoms with van der Waals surface area (Å²) in [5, 5.41) is 4.40. The molecule has 1 N–H and O–H groups in total. The van der Waals surface area contributed by atoms with E-state index in [9.17, 15) is 13.2 Å². The fraction of sp³-hybridized carbons (Fsp3) is 0.400. The lowest BCUT2D eigenvalue weighted by atomic mass is 10.0. The van der Waals surface area contributed by atoms with Gasteiger partial charge in [0.2, 0.25) is 0 Å². The average molecular weight is 476 g/mol. The van der Waals surface area contributed by atoms with Crippen molar-refractivity contribution in [2.45, 2.75) is 44.5 Å². The van der Waals surface area contributed by atoms with Crippen molar-refractivity contribution in [2.75, 3.05) is 20.3 Å². The maximum atomic E-state index is 12.2. The third-order valence-corrected chi connectivity index (χ3v) is 5.64. The highest BCUT2D eigenvalue weighted by Crippen LogP contribution is 2.25. The number of rotatable bonds is 9. The highest BCUT2D eigenvalue weighted by atomic mass is 19.4. The smallest absolute Gasteiger partial charge is 0.497 e. The molecule has 0 atom stereocenters. The van der Waals surface area contributed by atoms with Crippen LogP contribution in [-0.2, 0) is 22.4 Å². The van der Waals surface area contributed by atoms with E-state index in [1.807, 2.05) is 30.5 Å². The van der Waals surface area contributed by atoms with Crippen molar-refractivity contribution < 1.29 is 32.1 Å². The van der Waals surface area contributed by atoms with Crippen LogP contribution in [0.2, 0.25) is 0 Å². The summed E-state index contributed by atoms with van der Waals surface area (Å²) in [6, 6.07) is 13.7. The van der Waals surface area contributed by atoms with Crippen LogP contribution >= 0.6 is 0 Å². The monoisotopic (exact) mass is 476 g/mol. The van der Waals surface area contributed by atoms with Crippen LogP contribution in [0.5, 0.6) is 11.5 Å². The number of nitrogens with zero attached hydrogens (tertiary/aromatic N) is 1. The molecule has 0 saturated carbocycles. The van der Waals surface area contributed by atoms with Gasteiger partial charge < -0.3 is 24.3 Å². The van der Waals surface area contributed by atoms with Crippen molar-refractivity contribution in [1.82, 2.24) is 10.3 Å². The molecule has 1 saturated heterocycles. The van der Waals surface area contributed by atoms with Crippen LogP contribution in [-0.4, -0.2) is 44.0 Å². The molecule has 2 aromatic carbocycles. The summed E-state index contributed by atoms with van der Waals surface area (Å²) >= 11 is 0. The number of pyridine rings is 1. The molecule has 34 heavy (non-hydrogen) atoms. The Balaban J connectivity index is 1.18. The summed E-state index contributed by atoms with van der Waals surface area (Å²) in [6.45, 7) is 1.51. The van der Waals surface area contributed by atoms with Gasteiger partial charge in [-0.15, -0.1) is 13.2 Å². The molecule has 1 fully saturated rings. The zero-order chi connectivity index (χ0) is 24.0. The van der Waals surface area contributed by atoms with Gasteiger partial charge in [-0.05, 0) is 66.8 Å². The number of alkyl halides is 3. The lowest BCUT2D eigenvalue weighted by Gasteiger charge is -2.30. The molecule has 3 aromatic rings. The Morgan fingerprint density at radius 1 is 1.03 bits per heavy atom. The van der Waals surface area contributed by atoms with Crippen molar-refractivity contribution in [2.24, 2.45) is 0 Å². The Hall–Kier alpha value is -2.88. The number of methoxy groups -OCH3 is 1. The molecule has 1 aliphatic heterocycles. The van der Waals surface area contributed by atoms with E-state index in [1.54, 1.807) is 19.2 Å². The summed E-state index contributed by atoms with van der Waals surface area (Å²) in [4.78, 5) is 4.42. The molecule has 0 amide bonds. The molecule has 0 unspecified atom stereocenters. The largest absolute Gasteiger partial charge is 0.573 e. The zero-order valence-electron chi connectivity index (χ0n) is 18.8. The average Bonchev–Trinajstić information content (AvgIpc) is 2.83. The molecular formula is C25H27F3N2O4. The van der Waals surface area contributed by atoms with Crippen molar-refractivity contribution in [1.29, 1.82) is 0 Å². The van der Waals surface area contributed by atoms with Gasteiger partial charge in [-0.25, -0.2) is 0 Å². The minimum absolute atomic E-state index is 0.0129. The summed E-state index contributed by atoms with van der Waals surface area (Å²) in [5.41, 5.74) is 3.00. The lowest BCUT2D eigenvalue weighted by molar-refractivity contribution is -0.274. The third kappa shape index (κ3) is 6.82. The predicted octanol–water partition coefficient (Wildman–Crippen LogP) is 5.00. The number of hydrogen-bond donors (Lipinski definition) is 1. The Labute approximate surface area is 196 Å². The molecule has 0 bridgehead atoms. The summed E-state index contributed by atoms with van der Waals surface area (Å²) in [5.74, 6) is 0.576. The normalized spacial score (nSPS) is 18.7. The Morgan fingerprint density at radius 2 is 1.76 bits per heavy atom. The van der Waals surface area contributed by atoms with E-state index < -0.39 is 6.36 Å². The van der Waals surface area contributed by atoms with E-state index in [-0.39, 0.29) is 18.1 Å². The van der Waals surface area contributed by atoms with Crippen molar-refractivity contribution in [3.8, 4) is 11.5 Å². The van der Waals surface area contributed by atoms with Crippen LogP contribution in [0.4, 0.5) is 13.2 Å². The number of halogens is 3. The van der Waals surface area contributed by atoms with Crippen LogP contribution < -0.4 is 14.8 Å². The maximum Gasteiger partial charge on any atom is 0.573 e. The molecule has 4 rings (SSSR count). The standard InChI is InChI=1S/C25H27F3N2O4/c1-31-21-9-10-23-22(13-21)18(11-12-29-23)3-2-4-24-32-15-19(16-33-24)30-14-17-5-7-20(8-6-17)34-25(26,27)28/h5-13,19,24,30H,2-4,14-16H2,1H3. The summed E-state index contributed by atoms with van der Waals surface area (Å²) in [7, 11) is 1.65. The second-order valence-corrected chi connectivity index (χ2v) is 8.11. The first-order valence-electron chi connectivity index (χ1n) is 11.1. The fourth-order valence-corrected chi connectivity index (χ4v) is 3.89. The quantitative estimate of drug-likeness (QED) is 0.469. The number of fused-ring (bicyclic) bond motifs is 1. The first-order valence-corrected chi connectivity index (χ1v) is 11.1. The van der Waals surface area contributed by atoms with Gasteiger partial charge in [0.05, 0.1) is 31.9 Å². The SMILES string of the molecule is COc1ccc2nccc(CCCC3OCC(NCc4ccc(OC(F)(F)F)cc4)CO3)c2c1. The molecule has 0 spiro atoms. The van der Waals surface area contributed by atoms with Crippen LogP contribution in [0.15, 0.2) is 54.7 Å². The van der Waals surface area contributed by atoms with E-state index in [1.165, 1.54) is 17.7 Å². The predicted molar refractivity (Wildman–Crippen MR) is 121 cm³/mol. The Morgan fingerprint density at radius 3 is 2.47 bits per heavy atom. The van der Waals surface area contributed by atoms with Gasteiger partial charge in [0.25, 0.3) is 0 Å². The number of aromatic nitrogens is 1. The fourth-order valence-electron chi connectivity index (χ4n) is 3.89. The molecule has 0 aliphatic carbocycles. The molecule has 6 nitrogen and oxygen atoms in total. The molecule has 0 radical (unpaired) electrons. The van der Waals surface area contributed by atoms with E-state index in [2.05, 4.69) is 15.0 Å². The highest BCUT2D eigenvalue weighted by Gasteiger charge is 2.31. The first-order chi connectivity index (χ1) is 16.4. The van der Waals surface area contributed by atoms with Gasteiger partial charge in [0, 0.05) is 18.1 Å². The topological polar surface area (TPSA) is 61.8 Å². The highest BCUT2D eigenvalue weighted by molar-refractivity contribution is 5.83. The van der Waals surface area contributed by atoms with Gasteiger partial charge in [0.1, 0.15) is 11.5 Å². The minimum Gasteiger partial charge on any atom is -0.497 e. The second-order valence-electron chi connectivity index (χ2n) is 8.11. The molecule has 182 valence electrons. The molecule has 9 heteroatoms. The van der Waals surface area contributed by atoms with Crippen molar-refractivity contribution >= 4 is 10.9 Å². The van der Waals surface area contributed by atoms with Gasteiger partial charge >= 0.3 is 6.36 Å². The number of nitrogens with one attached hydrogen (secondary N) is 1. The zero-order valence-corrected chi connectivity index (χ0v) is 18.8. The van der Waals surface area contributed by atoms with Gasteiger partial charge in [-0.2, -0.15) is 0 Å². The third-order valence-electron chi connectivity index (χ3n) is 5.64. The van der Waals surface area contributed by atoms with Gasteiger partial charge in [-0.3, -0.25) is 4.98 Å². The van der Waals surface area contributed by atoms with Crippen LogP contribution in [0.1, 0.15) is 24.0 Å². The van der Waals surface area contributed by atoms with Crippen LogP contribution in [0.3, 0.4) is 0 Å². The number of hydrogen-bond acceptors (Lipinski definition) is 6. The van der Waals surface area contributed by atoms with E-state index >= 15 is 0 Å². The molecular weight excluding hydrogens is 449 g/mol. The van der Waals surface area contributed by atoms with Crippen molar-refractivity contribution in [3.05, 3.63) is 65.9 Å². The molecule has 1 aromatic heterocycles. The van der Waals surface area contributed by atoms with Crippen LogP contribution in [0, 0.1) is 0 Å². The van der Waals surface area contributed by atoms with Crippen LogP contribution in [0.25, 0.3) is 10.9 Å². The number of ether oxygens (including phenoxy) is 4. The molecule has 1 aliphatic rings. The number of aryl methyl sites for hydroxylation is 1. The van der Waals surface area contributed by atoms with Crippen molar-refractivity contribution in [3.63, 3.8) is 0 Å². The minimum atomic E-state index is -4.69. The first kappa shape index (κ1) is 24.3. The molecule has 2 heterocycles. The Kier molecular flexibility index (Phi) is 7.87. The van der Waals surface area contributed by atoms with E-state index in [0.717, 1.165) is 41.5 Å². The van der Waals surface area contributed by atoms with Gasteiger partial charge in [-0.1, -0.05) is 12.1 Å². The Bertz CT molecular complexity index is 1070. The van der Waals surface area contributed by atoms with Gasteiger partial charge in [0.15, 0.2) is 6.29 Å². The second kappa shape index (κ2) is 11.0. The summed E-state index contributed by atoms with van der Waals surface area (Å²) < 4.78 is 57.7.